The first-order chi connectivity index (χ1) is 9.95. The fourth-order valence-corrected chi connectivity index (χ4v) is 2.72. The molecule has 0 aromatic heterocycles. The molecule has 0 heterocycles. The first-order valence-corrected chi connectivity index (χ1v) is 7.30. The molecule has 0 atom stereocenters. The highest BCUT2D eigenvalue weighted by atomic mass is 79.9. The predicted octanol–water partition coefficient (Wildman–Crippen LogP) is 3.67. The lowest BCUT2D eigenvalue weighted by Gasteiger charge is -2.13. The summed E-state index contributed by atoms with van der Waals surface area (Å²) in [7, 11) is 0. The van der Waals surface area contributed by atoms with Crippen LogP contribution < -0.4 is 15.8 Å². The van der Waals surface area contributed by atoms with Gasteiger partial charge in [-0.05, 0) is 49.2 Å². The molecule has 0 aliphatic carbocycles. The fourth-order valence-electron chi connectivity index (χ4n) is 2.04. The molecule has 3 N–H and O–H groups in total. The van der Waals surface area contributed by atoms with Gasteiger partial charge in [-0.2, -0.15) is 0 Å². The Bertz CT molecular complexity index is 648. The largest absolute Gasteiger partial charge is 0.484 e. The Morgan fingerprint density at radius 1 is 1.24 bits per heavy atom. The van der Waals surface area contributed by atoms with Crippen molar-refractivity contribution in [1.29, 1.82) is 0 Å². The summed E-state index contributed by atoms with van der Waals surface area (Å²) in [4.78, 5) is 12.0. The number of carbonyl (C=O) groups excluding carboxylic acids is 1. The number of aryl methyl sites for hydroxylation is 2. The average molecular weight is 349 g/mol. The topological polar surface area (TPSA) is 64.3 Å². The average Bonchev–Trinajstić information content (AvgIpc) is 2.40. The number of halogens is 1. The predicted molar refractivity (Wildman–Crippen MR) is 88.6 cm³/mol. The van der Waals surface area contributed by atoms with E-state index in [9.17, 15) is 4.79 Å². The molecule has 0 saturated heterocycles. The maximum Gasteiger partial charge on any atom is 0.262 e. The molecule has 21 heavy (non-hydrogen) atoms. The molecule has 0 bridgehead atoms. The van der Waals surface area contributed by atoms with E-state index in [4.69, 9.17) is 10.5 Å². The van der Waals surface area contributed by atoms with Crippen molar-refractivity contribution in [3.63, 3.8) is 0 Å². The summed E-state index contributed by atoms with van der Waals surface area (Å²) in [5.74, 6) is 0.375. The third-order valence-electron chi connectivity index (χ3n) is 2.99. The van der Waals surface area contributed by atoms with Gasteiger partial charge in [0.25, 0.3) is 5.91 Å². The number of hydrogen-bond donors (Lipinski definition) is 2. The molecule has 2 aromatic carbocycles. The second kappa shape index (κ2) is 6.63. The van der Waals surface area contributed by atoms with Crippen LogP contribution in [0.5, 0.6) is 5.75 Å². The van der Waals surface area contributed by atoms with Crippen molar-refractivity contribution in [3.05, 3.63) is 52.0 Å². The smallest absolute Gasteiger partial charge is 0.262 e. The van der Waals surface area contributed by atoms with Crippen LogP contribution in [0, 0.1) is 13.8 Å². The fraction of sp³-hybridized carbons (Fsp3) is 0.188. The quantitative estimate of drug-likeness (QED) is 0.828. The van der Waals surface area contributed by atoms with E-state index in [0.29, 0.717) is 11.4 Å². The molecular weight excluding hydrogens is 332 g/mol. The Morgan fingerprint density at radius 3 is 2.52 bits per heavy atom. The van der Waals surface area contributed by atoms with Crippen molar-refractivity contribution < 1.29 is 9.53 Å². The summed E-state index contributed by atoms with van der Waals surface area (Å²) >= 11 is 3.43. The van der Waals surface area contributed by atoms with Crippen LogP contribution in [-0.4, -0.2) is 12.5 Å². The Morgan fingerprint density at radius 2 is 1.90 bits per heavy atom. The van der Waals surface area contributed by atoms with E-state index in [1.54, 1.807) is 24.3 Å². The maximum absolute atomic E-state index is 12.0. The highest BCUT2D eigenvalue weighted by Gasteiger charge is 2.09. The van der Waals surface area contributed by atoms with Gasteiger partial charge in [0.05, 0.1) is 0 Å². The van der Waals surface area contributed by atoms with Crippen LogP contribution in [0.25, 0.3) is 0 Å². The summed E-state index contributed by atoms with van der Waals surface area (Å²) in [5, 5.41) is 2.87. The molecule has 0 unspecified atom stereocenters. The summed E-state index contributed by atoms with van der Waals surface area (Å²) in [5.41, 5.74) is 9.08. The molecule has 0 fully saturated rings. The maximum atomic E-state index is 12.0. The molecule has 0 radical (unpaired) electrons. The van der Waals surface area contributed by atoms with Crippen molar-refractivity contribution in [1.82, 2.24) is 0 Å². The van der Waals surface area contributed by atoms with Crippen LogP contribution in [0.2, 0.25) is 0 Å². The third-order valence-corrected chi connectivity index (χ3v) is 3.45. The monoisotopic (exact) mass is 348 g/mol. The Balaban J connectivity index is 1.99. The number of amides is 1. The third kappa shape index (κ3) is 4.23. The van der Waals surface area contributed by atoms with Crippen LogP contribution in [-0.2, 0) is 4.79 Å². The lowest BCUT2D eigenvalue weighted by molar-refractivity contribution is -0.118. The van der Waals surface area contributed by atoms with Crippen molar-refractivity contribution in [2.75, 3.05) is 17.7 Å². The van der Waals surface area contributed by atoms with Gasteiger partial charge in [0, 0.05) is 21.9 Å². The molecule has 2 aromatic rings. The molecule has 0 aliphatic rings. The number of anilines is 2. The standard InChI is InChI=1S/C16H17BrN2O2/c1-10-6-12(17)7-11(2)16(10)19-15(20)9-21-14-5-3-4-13(18)8-14/h3-8H,9,18H2,1-2H3,(H,19,20). The van der Waals surface area contributed by atoms with E-state index >= 15 is 0 Å². The van der Waals surface area contributed by atoms with Crippen LogP contribution in [0.15, 0.2) is 40.9 Å². The normalized spacial score (nSPS) is 10.2. The zero-order chi connectivity index (χ0) is 15.4. The highest BCUT2D eigenvalue weighted by Crippen LogP contribution is 2.25. The lowest BCUT2D eigenvalue weighted by Crippen LogP contribution is -2.21. The van der Waals surface area contributed by atoms with Gasteiger partial charge in [0.2, 0.25) is 0 Å². The number of ether oxygens (including phenoxy) is 1. The zero-order valence-electron chi connectivity index (χ0n) is 11.9. The van der Waals surface area contributed by atoms with Gasteiger partial charge < -0.3 is 15.8 Å². The molecule has 0 saturated carbocycles. The van der Waals surface area contributed by atoms with Crippen molar-refractivity contribution in [2.24, 2.45) is 0 Å². The Hall–Kier alpha value is -2.01. The lowest BCUT2D eigenvalue weighted by atomic mass is 10.1. The van der Waals surface area contributed by atoms with Crippen molar-refractivity contribution in [2.45, 2.75) is 13.8 Å². The molecule has 2 rings (SSSR count). The number of hydrogen-bond acceptors (Lipinski definition) is 3. The highest BCUT2D eigenvalue weighted by molar-refractivity contribution is 9.10. The molecular formula is C16H17BrN2O2. The first-order valence-electron chi connectivity index (χ1n) is 6.50. The number of benzene rings is 2. The number of rotatable bonds is 4. The van der Waals surface area contributed by atoms with Gasteiger partial charge in [0.1, 0.15) is 5.75 Å². The van der Waals surface area contributed by atoms with Gasteiger partial charge in [-0.3, -0.25) is 4.79 Å². The number of carbonyl (C=O) groups is 1. The van der Waals surface area contributed by atoms with E-state index in [1.165, 1.54) is 0 Å². The Kier molecular flexibility index (Phi) is 4.85. The van der Waals surface area contributed by atoms with Crippen LogP contribution in [0.4, 0.5) is 11.4 Å². The minimum absolute atomic E-state index is 0.0571. The molecule has 4 nitrogen and oxygen atoms in total. The molecule has 5 heteroatoms. The number of nitrogen functional groups attached to an aromatic ring is 1. The minimum Gasteiger partial charge on any atom is -0.484 e. The summed E-state index contributed by atoms with van der Waals surface area (Å²) in [6.07, 6.45) is 0. The van der Waals surface area contributed by atoms with Crippen LogP contribution in [0.3, 0.4) is 0 Å². The molecule has 1 amide bonds. The summed E-state index contributed by atoms with van der Waals surface area (Å²) < 4.78 is 6.42. The van der Waals surface area contributed by atoms with Crippen molar-refractivity contribution >= 4 is 33.2 Å². The van der Waals surface area contributed by atoms with Gasteiger partial charge in [-0.25, -0.2) is 0 Å². The molecule has 110 valence electrons. The molecule has 0 spiro atoms. The minimum atomic E-state index is -0.203. The number of nitrogens with one attached hydrogen (secondary N) is 1. The summed E-state index contributed by atoms with van der Waals surface area (Å²) in [6.45, 7) is 3.84. The molecule has 0 aliphatic heterocycles. The van der Waals surface area contributed by atoms with E-state index in [-0.39, 0.29) is 12.5 Å². The Labute approximate surface area is 132 Å². The van der Waals surface area contributed by atoms with Crippen LogP contribution >= 0.6 is 15.9 Å². The zero-order valence-corrected chi connectivity index (χ0v) is 13.5. The van der Waals surface area contributed by atoms with E-state index in [1.807, 2.05) is 26.0 Å². The SMILES string of the molecule is Cc1cc(Br)cc(C)c1NC(=O)COc1cccc(N)c1. The van der Waals surface area contributed by atoms with Gasteiger partial charge >= 0.3 is 0 Å². The van der Waals surface area contributed by atoms with Gasteiger partial charge in [-0.15, -0.1) is 0 Å². The van der Waals surface area contributed by atoms with E-state index in [2.05, 4.69) is 21.2 Å². The number of nitrogens with two attached hydrogens (primary N) is 1. The summed E-state index contributed by atoms with van der Waals surface area (Å²) in [6, 6.07) is 10.9. The van der Waals surface area contributed by atoms with E-state index < -0.39 is 0 Å². The second-order valence-corrected chi connectivity index (χ2v) is 5.74. The van der Waals surface area contributed by atoms with Crippen LogP contribution in [0.1, 0.15) is 11.1 Å². The van der Waals surface area contributed by atoms with E-state index in [0.717, 1.165) is 21.3 Å². The first kappa shape index (κ1) is 15.4. The van der Waals surface area contributed by atoms with Crippen molar-refractivity contribution in [3.8, 4) is 5.75 Å². The van der Waals surface area contributed by atoms with Gasteiger partial charge in [0.15, 0.2) is 6.61 Å². The van der Waals surface area contributed by atoms with Gasteiger partial charge in [-0.1, -0.05) is 22.0 Å². The second-order valence-electron chi connectivity index (χ2n) is 4.82.